The van der Waals surface area contributed by atoms with Gasteiger partial charge in [-0.1, -0.05) is 34.0 Å². The zero-order valence-electron chi connectivity index (χ0n) is 23.1. The van der Waals surface area contributed by atoms with Gasteiger partial charge in [0.2, 0.25) is 5.89 Å². The van der Waals surface area contributed by atoms with Crippen LogP contribution < -0.4 is 9.64 Å². The van der Waals surface area contributed by atoms with Crippen molar-refractivity contribution in [2.45, 2.75) is 75.6 Å². The molecule has 230 valence electrons. The number of alkyl halides is 3. The number of halogens is 4. The van der Waals surface area contributed by atoms with E-state index >= 15 is 0 Å². The molecule has 1 aliphatic carbocycles. The number of ether oxygens (including phenoxy) is 2. The van der Waals surface area contributed by atoms with Crippen molar-refractivity contribution in [3.05, 3.63) is 64.4 Å². The third kappa shape index (κ3) is 5.61. The molecule has 3 aliphatic rings. The van der Waals surface area contributed by atoms with Gasteiger partial charge in [-0.3, -0.25) is 0 Å². The molecule has 0 radical (unpaired) electrons. The number of carboxylic acids is 1. The first-order valence-corrected chi connectivity index (χ1v) is 14.6. The lowest BCUT2D eigenvalue weighted by Gasteiger charge is -2.37. The van der Waals surface area contributed by atoms with E-state index < -0.39 is 12.3 Å². The van der Waals surface area contributed by atoms with Crippen LogP contribution in [-0.4, -0.2) is 51.0 Å². The topological polar surface area (TPSA) is 124 Å². The summed E-state index contributed by atoms with van der Waals surface area (Å²) in [4.78, 5) is 13.4. The number of piperidine rings is 1. The highest BCUT2D eigenvalue weighted by Crippen LogP contribution is 2.46. The summed E-state index contributed by atoms with van der Waals surface area (Å²) in [5.41, 5.74) is 1.64. The lowest BCUT2D eigenvalue weighted by atomic mass is 9.99. The molecule has 2 aliphatic heterocycles. The monoisotopic (exact) mass is 630 g/mol. The van der Waals surface area contributed by atoms with Crippen molar-refractivity contribution in [2.75, 3.05) is 4.90 Å². The molecule has 3 fully saturated rings. The zero-order valence-corrected chi connectivity index (χ0v) is 23.8. The van der Waals surface area contributed by atoms with Gasteiger partial charge in [0.05, 0.1) is 23.3 Å². The summed E-state index contributed by atoms with van der Waals surface area (Å²) in [6.45, 7) is 0.146. The molecular weight excluding hydrogens is 605 g/mol. The van der Waals surface area contributed by atoms with Crippen molar-refractivity contribution < 1.29 is 41.5 Å². The van der Waals surface area contributed by atoms with Crippen molar-refractivity contribution in [1.29, 1.82) is 0 Å². The van der Waals surface area contributed by atoms with E-state index in [4.69, 9.17) is 25.3 Å². The highest BCUT2D eigenvalue weighted by atomic mass is 35.5. The molecule has 2 aromatic carbocycles. The van der Waals surface area contributed by atoms with E-state index in [1.165, 1.54) is 30.3 Å². The third-order valence-corrected chi connectivity index (χ3v) is 8.68. The Kier molecular flexibility index (Phi) is 7.24. The first-order chi connectivity index (χ1) is 21.1. The molecule has 4 aromatic rings. The number of nitrogens with zero attached hydrogens (tertiary/aromatic N) is 4. The number of para-hydroxylation sites is 1. The Hall–Kier alpha value is -4.10. The highest BCUT2D eigenvalue weighted by molar-refractivity contribution is 6.33. The quantitative estimate of drug-likeness (QED) is 0.202. The SMILES string of the molecule is O=C(O)c1ccc(-c2nnc(N3[C@@H]4CC[C@H]3CC(OCc3c(-c5ccccc5OC(F)(F)F)noc3C3CC3)C4)o2)cc1Cl. The summed E-state index contributed by atoms with van der Waals surface area (Å²) in [6, 6.07) is 10.9. The number of aromatic carboxylic acids is 1. The number of rotatable bonds is 9. The lowest BCUT2D eigenvalue weighted by molar-refractivity contribution is -0.274. The summed E-state index contributed by atoms with van der Waals surface area (Å²) < 4.78 is 61.7. The minimum absolute atomic E-state index is 0.0169. The maximum absolute atomic E-state index is 13.1. The normalized spacial score (nSPS) is 21.5. The molecule has 1 unspecified atom stereocenters. The van der Waals surface area contributed by atoms with Gasteiger partial charge in [-0.25, -0.2) is 4.79 Å². The van der Waals surface area contributed by atoms with Crippen LogP contribution in [-0.2, 0) is 11.3 Å². The van der Waals surface area contributed by atoms with E-state index in [-0.39, 0.29) is 58.5 Å². The standard InChI is InChI=1S/C30H26ClF3N4O6/c31-23-11-16(7-10-20(23)28(39)40)27-35-36-29(42-27)38-17-8-9-18(38)13-19(12-17)41-14-22-25(37-44-26(22)15-5-6-15)21-3-1-2-4-24(21)43-30(32,33)34/h1-4,7,10-11,15,17-19H,5-6,8-9,12-14H2,(H,39,40)/t17-,18+,19?. The molecule has 7 rings (SSSR count). The zero-order chi connectivity index (χ0) is 30.6. The third-order valence-electron chi connectivity index (χ3n) is 8.37. The molecule has 1 saturated carbocycles. The molecule has 0 amide bonds. The fraction of sp³-hybridized carbons (Fsp3) is 0.400. The van der Waals surface area contributed by atoms with Gasteiger partial charge in [-0.05, 0) is 68.9 Å². The molecule has 2 saturated heterocycles. The summed E-state index contributed by atoms with van der Waals surface area (Å²) in [6.07, 6.45) is 0.108. The minimum Gasteiger partial charge on any atom is -0.478 e. The Balaban J connectivity index is 1.06. The summed E-state index contributed by atoms with van der Waals surface area (Å²) >= 11 is 6.12. The Morgan fingerprint density at radius 2 is 1.82 bits per heavy atom. The number of fused-ring (bicyclic) bond motifs is 2. The number of carboxylic acid groups (broad SMARTS) is 1. The molecule has 10 nitrogen and oxygen atoms in total. The molecule has 3 atom stereocenters. The van der Waals surface area contributed by atoms with Gasteiger partial charge in [0.25, 0.3) is 0 Å². The van der Waals surface area contributed by atoms with Crippen LogP contribution in [0, 0.1) is 0 Å². The Morgan fingerprint density at radius 1 is 1.07 bits per heavy atom. The van der Waals surface area contributed by atoms with E-state index in [2.05, 4.69) is 25.0 Å². The van der Waals surface area contributed by atoms with Crippen molar-refractivity contribution in [2.24, 2.45) is 0 Å². The van der Waals surface area contributed by atoms with Gasteiger partial charge in [0, 0.05) is 34.7 Å². The van der Waals surface area contributed by atoms with Gasteiger partial charge in [0.1, 0.15) is 17.2 Å². The molecule has 0 spiro atoms. The van der Waals surface area contributed by atoms with Crippen LogP contribution in [0.25, 0.3) is 22.7 Å². The summed E-state index contributed by atoms with van der Waals surface area (Å²) in [5.74, 6) is -0.414. The number of aromatic nitrogens is 3. The average molecular weight is 631 g/mol. The van der Waals surface area contributed by atoms with Crippen molar-refractivity contribution >= 4 is 23.6 Å². The summed E-state index contributed by atoms with van der Waals surface area (Å²) in [7, 11) is 0. The van der Waals surface area contributed by atoms with E-state index in [1.807, 2.05) is 0 Å². The van der Waals surface area contributed by atoms with Gasteiger partial charge < -0.3 is 28.4 Å². The number of carbonyl (C=O) groups is 1. The number of anilines is 1. The molecular formula is C30H26ClF3N4O6. The fourth-order valence-corrected chi connectivity index (χ4v) is 6.51. The predicted molar refractivity (Wildman–Crippen MR) is 149 cm³/mol. The van der Waals surface area contributed by atoms with Crippen LogP contribution in [0.1, 0.15) is 66.1 Å². The maximum Gasteiger partial charge on any atom is 0.573 e. The van der Waals surface area contributed by atoms with Crippen molar-refractivity contribution in [3.63, 3.8) is 0 Å². The van der Waals surface area contributed by atoms with E-state index in [1.54, 1.807) is 12.1 Å². The lowest BCUT2D eigenvalue weighted by Crippen LogP contribution is -2.45. The minimum atomic E-state index is -4.85. The molecule has 44 heavy (non-hydrogen) atoms. The second kappa shape index (κ2) is 11.1. The molecule has 14 heteroatoms. The van der Waals surface area contributed by atoms with Crippen LogP contribution in [0.2, 0.25) is 5.02 Å². The van der Waals surface area contributed by atoms with Gasteiger partial charge in [-0.15, -0.1) is 18.3 Å². The Labute approximate surface area is 253 Å². The Morgan fingerprint density at radius 3 is 2.50 bits per heavy atom. The van der Waals surface area contributed by atoms with Crippen LogP contribution in [0.4, 0.5) is 19.2 Å². The van der Waals surface area contributed by atoms with Gasteiger partial charge >= 0.3 is 18.3 Å². The molecule has 2 bridgehead atoms. The number of hydrogen-bond donors (Lipinski definition) is 1. The number of hydrogen-bond acceptors (Lipinski definition) is 9. The van der Waals surface area contributed by atoms with Crippen LogP contribution in [0.5, 0.6) is 5.75 Å². The van der Waals surface area contributed by atoms with E-state index in [0.29, 0.717) is 41.4 Å². The second-order valence-corrected chi connectivity index (χ2v) is 11.7. The maximum atomic E-state index is 13.1. The van der Waals surface area contributed by atoms with Crippen LogP contribution in [0.3, 0.4) is 0 Å². The average Bonchev–Trinajstić information content (AvgIpc) is 3.44. The fourth-order valence-electron chi connectivity index (χ4n) is 6.25. The van der Waals surface area contributed by atoms with Crippen molar-refractivity contribution in [3.8, 4) is 28.5 Å². The van der Waals surface area contributed by atoms with Crippen LogP contribution >= 0.6 is 11.6 Å². The first-order valence-electron chi connectivity index (χ1n) is 14.2. The highest BCUT2D eigenvalue weighted by Gasteiger charge is 2.44. The van der Waals surface area contributed by atoms with Gasteiger partial charge in [0.15, 0.2) is 0 Å². The van der Waals surface area contributed by atoms with Crippen molar-refractivity contribution in [1.82, 2.24) is 15.4 Å². The second-order valence-electron chi connectivity index (χ2n) is 11.3. The first kappa shape index (κ1) is 28.7. The molecule has 4 heterocycles. The predicted octanol–water partition coefficient (Wildman–Crippen LogP) is 7.24. The molecule has 2 aromatic heterocycles. The molecule has 1 N–H and O–H groups in total. The van der Waals surface area contributed by atoms with E-state index in [0.717, 1.165) is 25.7 Å². The number of benzene rings is 2. The smallest absolute Gasteiger partial charge is 0.478 e. The largest absolute Gasteiger partial charge is 0.573 e. The van der Waals surface area contributed by atoms with E-state index in [9.17, 15) is 23.1 Å². The summed E-state index contributed by atoms with van der Waals surface area (Å²) in [5, 5.41) is 21.9. The Bertz CT molecular complexity index is 1690. The van der Waals surface area contributed by atoms with Gasteiger partial charge in [-0.2, -0.15) is 0 Å². The van der Waals surface area contributed by atoms with Crippen LogP contribution in [0.15, 0.2) is 51.4 Å².